The van der Waals surface area contributed by atoms with Crippen LogP contribution in [0.2, 0.25) is 0 Å². The number of hydrogen-bond donors (Lipinski definition) is 0. The maximum Gasteiger partial charge on any atom is 0.573 e. The summed E-state index contributed by atoms with van der Waals surface area (Å²) in [4.78, 5) is 32.4. The van der Waals surface area contributed by atoms with Gasteiger partial charge >= 0.3 is 12.5 Å². The lowest BCUT2D eigenvalue weighted by molar-refractivity contribution is -0.274. The number of carbonyl (C=O) groups is 1. The predicted octanol–water partition coefficient (Wildman–Crippen LogP) is 5.68. The van der Waals surface area contributed by atoms with E-state index in [0.29, 0.717) is 22.6 Å². The Morgan fingerprint density at radius 1 is 1.05 bits per heavy atom. The molecular weight excluding hydrogens is 525 g/mol. The first kappa shape index (κ1) is 26.6. The van der Waals surface area contributed by atoms with Crippen LogP contribution in [0.1, 0.15) is 47.9 Å². The molecule has 1 aliphatic carbocycles. The molecule has 7 nitrogen and oxygen atoms in total. The number of carbonyl (C=O) groups excluding carboxylic acids is 1. The summed E-state index contributed by atoms with van der Waals surface area (Å²) >= 11 is 0. The van der Waals surface area contributed by atoms with Crippen LogP contribution in [0, 0.1) is 24.5 Å². The van der Waals surface area contributed by atoms with Crippen LogP contribution < -0.4 is 15.0 Å². The molecule has 0 radical (unpaired) electrons. The molecule has 2 heterocycles. The van der Waals surface area contributed by atoms with Crippen LogP contribution in [0.25, 0.3) is 0 Å². The van der Waals surface area contributed by atoms with E-state index in [0.717, 1.165) is 43.5 Å². The fraction of sp³-hybridized carbons (Fsp3) is 0.370. The Bertz CT molecular complexity index is 1450. The Hall–Kier alpha value is -3.96. The zero-order chi connectivity index (χ0) is 27.9. The Labute approximate surface area is 219 Å². The molecule has 0 spiro atoms. The fourth-order valence-corrected chi connectivity index (χ4v) is 5.06. The van der Waals surface area contributed by atoms with E-state index in [1.807, 2.05) is 0 Å². The molecule has 0 saturated heterocycles. The second-order valence-electron chi connectivity index (χ2n) is 9.63. The second kappa shape index (κ2) is 10.3. The first-order chi connectivity index (χ1) is 18.5. The zero-order valence-electron chi connectivity index (χ0n) is 20.8. The third-order valence-corrected chi connectivity index (χ3v) is 7.12. The number of halogens is 5. The Balaban J connectivity index is 1.36. The smallest absolute Gasteiger partial charge is 0.410 e. The lowest BCUT2D eigenvalue weighted by atomic mass is 9.77. The lowest BCUT2D eigenvalue weighted by Crippen LogP contribution is -2.44. The molecule has 39 heavy (non-hydrogen) atoms. The molecule has 206 valence electrons. The molecule has 0 N–H and O–H groups in total. The molecule has 1 unspecified atom stereocenters. The van der Waals surface area contributed by atoms with Crippen LogP contribution in [0.15, 0.2) is 47.3 Å². The van der Waals surface area contributed by atoms with Gasteiger partial charge in [0.15, 0.2) is 11.6 Å². The van der Waals surface area contributed by atoms with Gasteiger partial charge in [0.05, 0.1) is 18.3 Å². The van der Waals surface area contributed by atoms with Crippen molar-refractivity contribution < 1.29 is 36.2 Å². The summed E-state index contributed by atoms with van der Waals surface area (Å²) in [5, 5.41) is 0. The monoisotopic (exact) mass is 549 g/mol. The number of alkyl halides is 3. The molecule has 5 rings (SSSR count). The maximum atomic E-state index is 14.1. The highest BCUT2D eigenvalue weighted by Gasteiger charge is 2.35. The summed E-state index contributed by atoms with van der Waals surface area (Å²) < 4.78 is 75.4. The number of ether oxygens (including phenoxy) is 2. The molecule has 2 aromatic carbocycles. The van der Waals surface area contributed by atoms with E-state index in [1.165, 1.54) is 23.1 Å². The minimum absolute atomic E-state index is 0.000370. The number of rotatable bonds is 5. The average molecular weight is 549 g/mol. The normalized spacial score (nSPS) is 16.3. The summed E-state index contributed by atoms with van der Waals surface area (Å²) in [5.74, 6) is -1.91. The quantitative estimate of drug-likeness (QED) is 0.383. The number of amides is 1. The molecule has 1 aliphatic heterocycles. The molecule has 2 aliphatic rings. The lowest BCUT2D eigenvalue weighted by Gasteiger charge is -2.37. The summed E-state index contributed by atoms with van der Waals surface area (Å²) in [7, 11) is 0. The van der Waals surface area contributed by atoms with E-state index >= 15 is 0 Å². The van der Waals surface area contributed by atoms with Crippen LogP contribution in [0.5, 0.6) is 11.5 Å². The second-order valence-corrected chi connectivity index (χ2v) is 9.63. The molecule has 1 fully saturated rings. The number of benzene rings is 2. The Morgan fingerprint density at radius 3 is 2.36 bits per heavy atom. The van der Waals surface area contributed by atoms with Gasteiger partial charge in [-0.15, -0.1) is 13.2 Å². The minimum atomic E-state index is -4.84. The van der Waals surface area contributed by atoms with Crippen molar-refractivity contribution in [2.75, 3.05) is 6.54 Å². The largest absolute Gasteiger partial charge is 0.573 e. The molecule has 1 atom stereocenters. The van der Waals surface area contributed by atoms with Gasteiger partial charge in [-0.3, -0.25) is 9.36 Å². The van der Waals surface area contributed by atoms with Gasteiger partial charge in [0.2, 0.25) is 0 Å². The average Bonchev–Trinajstić information content (AvgIpc) is 2.84. The first-order valence-corrected chi connectivity index (χ1v) is 12.4. The highest BCUT2D eigenvalue weighted by atomic mass is 19.4. The first-order valence-electron chi connectivity index (χ1n) is 12.4. The van der Waals surface area contributed by atoms with Crippen LogP contribution in [-0.2, 0) is 13.0 Å². The topological polar surface area (TPSA) is 73.7 Å². The molecule has 1 amide bonds. The van der Waals surface area contributed by atoms with E-state index in [1.54, 1.807) is 11.5 Å². The third-order valence-electron chi connectivity index (χ3n) is 7.12. The van der Waals surface area contributed by atoms with Crippen molar-refractivity contribution in [1.82, 2.24) is 14.5 Å². The Kier molecular flexibility index (Phi) is 7.04. The minimum Gasteiger partial charge on any atom is -0.410 e. The molecule has 12 heteroatoms. The van der Waals surface area contributed by atoms with Gasteiger partial charge in [0, 0.05) is 12.1 Å². The number of fused-ring (bicyclic) bond motifs is 1. The van der Waals surface area contributed by atoms with E-state index in [2.05, 4.69) is 9.72 Å². The standard InChI is InChI=1S/C27H24F5N3O4/c1-15-33-23-14-34(26(37)38-18-6-8-19(9-7-18)39-27(30,31)32)12-11-20(23)25(36)35(15)24(16-3-2-4-16)17-5-10-21(28)22(29)13-17/h5-10,13,16,24H,2-4,11-12,14H2,1H3. The van der Waals surface area contributed by atoms with Gasteiger partial charge in [-0.05, 0) is 74.1 Å². The Morgan fingerprint density at radius 2 is 1.74 bits per heavy atom. The molecular formula is C27H24F5N3O4. The molecule has 3 aromatic rings. The van der Waals surface area contributed by atoms with Crippen LogP contribution >= 0.6 is 0 Å². The summed E-state index contributed by atoms with van der Waals surface area (Å²) in [6, 6.07) is 7.60. The van der Waals surface area contributed by atoms with Crippen molar-refractivity contribution in [1.29, 1.82) is 0 Å². The molecule has 1 aromatic heterocycles. The zero-order valence-corrected chi connectivity index (χ0v) is 20.8. The van der Waals surface area contributed by atoms with Crippen molar-refractivity contribution >= 4 is 6.09 Å². The van der Waals surface area contributed by atoms with Crippen LogP contribution in [-0.4, -0.2) is 33.5 Å². The number of aromatic nitrogens is 2. The van der Waals surface area contributed by atoms with Gasteiger partial charge in [0.1, 0.15) is 17.3 Å². The maximum absolute atomic E-state index is 14.1. The van der Waals surface area contributed by atoms with E-state index < -0.39 is 35.9 Å². The van der Waals surface area contributed by atoms with Gasteiger partial charge in [0.25, 0.3) is 5.56 Å². The van der Waals surface area contributed by atoms with Crippen LogP contribution in [0.3, 0.4) is 0 Å². The van der Waals surface area contributed by atoms with E-state index in [-0.39, 0.29) is 36.7 Å². The summed E-state index contributed by atoms with van der Waals surface area (Å²) in [6.07, 6.45) is -2.72. The predicted molar refractivity (Wildman–Crippen MR) is 128 cm³/mol. The van der Waals surface area contributed by atoms with Crippen LogP contribution in [0.4, 0.5) is 26.7 Å². The van der Waals surface area contributed by atoms with E-state index in [9.17, 15) is 31.5 Å². The van der Waals surface area contributed by atoms with Gasteiger partial charge in [-0.25, -0.2) is 18.6 Å². The van der Waals surface area contributed by atoms with Crippen molar-refractivity contribution in [2.24, 2.45) is 5.92 Å². The van der Waals surface area contributed by atoms with Gasteiger partial charge in [-0.1, -0.05) is 12.5 Å². The van der Waals surface area contributed by atoms with Gasteiger partial charge < -0.3 is 14.4 Å². The van der Waals surface area contributed by atoms with E-state index in [4.69, 9.17) is 4.74 Å². The third kappa shape index (κ3) is 5.59. The molecule has 1 saturated carbocycles. The molecule has 0 bridgehead atoms. The van der Waals surface area contributed by atoms with Crippen molar-refractivity contribution in [3.63, 3.8) is 0 Å². The highest BCUT2D eigenvalue weighted by molar-refractivity contribution is 5.71. The highest BCUT2D eigenvalue weighted by Crippen LogP contribution is 2.40. The van der Waals surface area contributed by atoms with Crippen molar-refractivity contribution in [3.8, 4) is 11.5 Å². The number of nitrogens with zero attached hydrogens (tertiary/aromatic N) is 3. The summed E-state index contributed by atoms with van der Waals surface area (Å²) in [5.41, 5.74) is 1.05. The SMILES string of the molecule is Cc1nc2c(c(=O)n1C(c1ccc(F)c(F)c1)C1CCC1)CCN(C(=O)Oc1ccc(OC(F)(F)F)cc1)C2. The fourth-order valence-electron chi connectivity index (χ4n) is 5.06. The number of aryl methyl sites for hydroxylation is 1. The van der Waals surface area contributed by atoms with Gasteiger partial charge in [-0.2, -0.15) is 0 Å². The number of hydrogen-bond acceptors (Lipinski definition) is 5. The van der Waals surface area contributed by atoms with Crippen molar-refractivity contribution in [3.05, 3.63) is 87.1 Å². The van der Waals surface area contributed by atoms with Crippen molar-refractivity contribution in [2.45, 2.75) is 51.6 Å². The summed E-state index contributed by atoms with van der Waals surface area (Å²) in [6.45, 7) is 1.81.